The average molecular weight is 1810 g/mol. The summed E-state index contributed by atoms with van der Waals surface area (Å²) in [6.07, 6.45) is 17.1. The lowest BCUT2D eigenvalue weighted by Crippen LogP contribution is -2.48. The van der Waals surface area contributed by atoms with Crippen molar-refractivity contribution in [1.29, 1.82) is 0 Å². The second kappa shape index (κ2) is 64.3. The van der Waals surface area contributed by atoms with Crippen molar-refractivity contribution in [2.45, 2.75) is 318 Å². The number of hydrogen-bond acceptors (Lipinski definition) is 24. The summed E-state index contributed by atoms with van der Waals surface area (Å²) in [7, 11) is 1.40. The Labute approximate surface area is 769 Å². The Morgan fingerprint density at radius 3 is 0.915 bits per heavy atom. The molecule has 3 heterocycles. The van der Waals surface area contributed by atoms with Crippen molar-refractivity contribution in [3.63, 3.8) is 0 Å². The fraction of sp³-hybridized carbons (Fsp3) is 0.718. The largest absolute Gasteiger partial charge is 0.469 e. The molecule has 0 aliphatic carbocycles. The van der Waals surface area contributed by atoms with E-state index in [2.05, 4.69) is 72.9 Å². The minimum absolute atomic E-state index is 0.000897. The van der Waals surface area contributed by atoms with Crippen molar-refractivity contribution in [1.82, 2.24) is 10.6 Å². The molecular formula is C103H158N2O24. The van der Waals surface area contributed by atoms with Gasteiger partial charge in [-0.2, -0.15) is 0 Å². The minimum atomic E-state index is -1.04. The molecule has 3 fully saturated rings. The van der Waals surface area contributed by atoms with Gasteiger partial charge in [-0.05, 0) is 155 Å². The number of carbonyl (C=O) groups is 11. The third-order valence-electron chi connectivity index (χ3n) is 26.4. The number of carbonyl (C=O) groups excluding carboxylic acids is 11. The van der Waals surface area contributed by atoms with E-state index in [1.807, 2.05) is 18.2 Å². The summed E-state index contributed by atoms with van der Waals surface area (Å²) in [6.45, 7) is 21.6. The molecule has 3 saturated heterocycles. The fourth-order valence-corrected chi connectivity index (χ4v) is 16.7. The first-order valence-electron chi connectivity index (χ1n) is 48.7. The highest BCUT2D eigenvalue weighted by molar-refractivity contribution is 5.90. The van der Waals surface area contributed by atoms with E-state index in [4.69, 9.17) is 61.6 Å². The van der Waals surface area contributed by atoms with Crippen LogP contribution in [0.5, 0.6) is 0 Å². The van der Waals surface area contributed by atoms with E-state index >= 15 is 0 Å². The molecule has 26 nitrogen and oxygen atoms in total. The highest BCUT2D eigenvalue weighted by Gasteiger charge is 2.44. The van der Waals surface area contributed by atoms with Gasteiger partial charge in [0, 0.05) is 140 Å². The van der Waals surface area contributed by atoms with Crippen molar-refractivity contribution < 1.29 is 114 Å². The number of unbranched alkanes of at least 4 members (excludes halogenated alkanes) is 14. The maximum absolute atomic E-state index is 14.2. The number of ketones is 5. The molecule has 15 atom stereocenters. The van der Waals surface area contributed by atoms with Gasteiger partial charge in [0.1, 0.15) is 48.7 Å². The second-order valence-corrected chi connectivity index (χ2v) is 36.6. The minimum Gasteiger partial charge on any atom is -0.469 e. The van der Waals surface area contributed by atoms with Crippen LogP contribution >= 0.6 is 0 Å². The molecule has 3 aromatic rings. The van der Waals surface area contributed by atoms with Gasteiger partial charge in [0.05, 0.1) is 81.8 Å². The van der Waals surface area contributed by atoms with E-state index in [-0.39, 0.29) is 203 Å². The van der Waals surface area contributed by atoms with Crippen LogP contribution in [0, 0.1) is 58.7 Å². The zero-order valence-electron chi connectivity index (χ0n) is 79.6. The van der Waals surface area contributed by atoms with Crippen LogP contribution in [0.2, 0.25) is 0 Å². The van der Waals surface area contributed by atoms with Crippen LogP contribution in [0.15, 0.2) is 91.0 Å². The second-order valence-electron chi connectivity index (χ2n) is 36.6. The van der Waals surface area contributed by atoms with Gasteiger partial charge in [-0.3, -0.25) is 38.4 Å². The molecule has 3 aliphatic rings. The molecule has 129 heavy (non-hydrogen) atoms. The van der Waals surface area contributed by atoms with Gasteiger partial charge >= 0.3 is 23.9 Å². The Kier molecular flexibility index (Phi) is 55.0. The first-order chi connectivity index (χ1) is 62.3. The number of esters is 4. The van der Waals surface area contributed by atoms with Crippen molar-refractivity contribution in [3.8, 4) is 0 Å². The normalized spacial score (nSPS) is 22.5. The monoisotopic (exact) mass is 1810 g/mol. The highest BCUT2D eigenvalue weighted by atomic mass is 16.7. The van der Waals surface area contributed by atoms with Gasteiger partial charge in [-0.25, -0.2) is 14.4 Å². The molecular weight excluding hydrogens is 1650 g/mol. The lowest BCUT2D eigenvalue weighted by atomic mass is 9.79. The summed E-state index contributed by atoms with van der Waals surface area (Å²) in [4.78, 5) is 143. The third kappa shape index (κ3) is 44.3. The molecule has 0 saturated carbocycles. The topological polar surface area (TPSA) is 332 Å². The van der Waals surface area contributed by atoms with Gasteiger partial charge < -0.3 is 72.2 Å². The maximum Gasteiger partial charge on any atom is 0.338 e. The van der Waals surface area contributed by atoms with E-state index < -0.39 is 42.2 Å². The molecule has 0 radical (unpaired) electrons. The standard InChI is InChI=1S/C103H158N2O24/c1-74-77(4)91(68-124-97(114)83-41-22-17-23-42-83)127-100(80(74)7)121-61-37-34-51-86(106)47-29-20-31-49-88(108)56-64-118-71-103(67-90(110)53-28-15-13-11-12-14-16-33-55-96(113)117-10,72-119-65-57-89(109)50-32-21-30-48-87(107)52-35-38-62-122-101-81(8)75(2)78(5)92(128-101)69-125-98(115)84-43-24-18-25-44-84)73-120-66-58-95(112)105-60-40-59-104-94(111)54-36-39-63-123-102-82(9)76(3)79(6)93(129-102)70-126-99(116)85-45-26-19-27-46-85/h17-19,22-27,41-46,74-82,91-93,100-102H,11-16,20-21,28-40,47-73H2,1-10H3,(H,104,111)(H,105,112). The molecule has 0 bridgehead atoms. The molecule has 2 amide bonds. The Hall–Kier alpha value is -7.53. The number of ether oxygens (including phenoxy) is 13. The molecule has 0 spiro atoms. The first kappa shape index (κ1) is 110. The van der Waals surface area contributed by atoms with Crippen molar-refractivity contribution >= 4 is 64.6 Å². The van der Waals surface area contributed by atoms with Crippen LogP contribution in [0.1, 0.15) is 312 Å². The molecule has 2 N–H and O–H groups in total. The molecule has 0 aromatic heterocycles. The van der Waals surface area contributed by atoms with Crippen molar-refractivity contribution in [2.24, 2.45) is 58.7 Å². The number of nitrogens with one attached hydrogen (secondary N) is 2. The summed E-state index contributed by atoms with van der Waals surface area (Å²) >= 11 is 0. The number of rotatable bonds is 71. The van der Waals surface area contributed by atoms with Crippen LogP contribution in [0.3, 0.4) is 0 Å². The summed E-state index contributed by atoms with van der Waals surface area (Å²) in [5.41, 5.74) is 0.409. The predicted octanol–water partition coefficient (Wildman–Crippen LogP) is 18.1. The number of Topliss-reactive ketones (excluding diaryl/α,β-unsaturated/α-hetero) is 5. The van der Waals surface area contributed by atoms with Crippen molar-refractivity contribution in [3.05, 3.63) is 108 Å². The summed E-state index contributed by atoms with van der Waals surface area (Å²) in [5, 5.41) is 5.86. The zero-order valence-corrected chi connectivity index (χ0v) is 79.6. The van der Waals surface area contributed by atoms with Crippen molar-refractivity contribution in [2.75, 3.05) is 99.5 Å². The van der Waals surface area contributed by atoms with Gasteiger partial charge in [-0.1, -0.05) is 168 Å². The summed E-state index contributed by atoms with van der Waals surface area (Å²) in [6, 6.07) is 26.6. The maximum atomic E-state index is 14.2. The molecule has 6 rings (SSSR count). The van der Waals surface area contributed by atoms with E-state index in [0.717, 1.165) is 44.9 Å². The Morgan fingerprint density at radius 2 is 0.574 bits per heavy atom. The van der Waals surface area contributed by atoms with Crippen LogP contribution in [0.4, 0.5) is 0 Å². The number of amides is 2. The smallest absolute Gasteiger partial charge is 0.338 e. The van der Waals surface area contributed by atoms with Crippen LogP contribution in [-0.2, 0) is 99.9 Å². The lowest BCUT2D eigenvalue weighted by Gasteiger charge is -2.43. The van der Waals surface area contributed by atoms with Gasteiger partial charge in [0.25, 0.3) is 0 Å². The zero-order chi connectivity index (χ0) is 93.4. The molecule has 3 aromatic carbocycles. The molecule has 26 heteroatoms. The number of benzene rings is 3. The summed E-state index contributed by atoms with van der Waals surface area (Å²) < 4.78 is 78.3. The highest BCUT2D eigenvalue weighted by Crippen LogP contribution is 2.39. The summed E-state index contributed by atoms with van der Waals surface area (Å²) in [5.74, 6) is 0.194. The fourth-order valence-electron chi connectivity index (χ4n) is 16.7. The van der Waals surface area contributed by atoms with Crippen LogP contribution < -0.4 is 10.6 Å². The van der Waals surface area contributed by atoms with Crippen LogP contribution in [0.25, 0.3) is 0 Å². The first-order valence-corrected chi connectivity index (χ1v) is 48.7. The number of methoxy groups -OCH3 is 1. The number of hydrogen-bond donors (Lipinski definition) is 2. The Bertz CT molecular complexity index is 3360. The SMILES string of the molecule is COC(=O)CCCCCCCCCCC(=O)CC(COCCC(=O)CCCCCC(=O)CCCCOC1OC(COC(=O)c2ccccc2)C(C)C(C)C1C)(COCCC(=O)CCCCCC(=O)CCCCOC1OC(COC(=O)c2ccccc2)C(C)C(C)C1C)COCCC(=O)NCCCNC(=O)CCCCOC1OC(COC(=O)c2ccccc2)C(C)C(C)C1C. The predicted molar refractivity (Wildman–Crippen MR) is 491 cm³/mol. The van der Waals surface area contributed by atoms with E-state index in [9.17, 15) is 52.7 Å². The lowest BCUT2D eigenvalue weighted by molar-refractivity contribution is -0.254. The van der Waals surface area contributed by atoms with Gasteiger partial charge in [0.2, 0.25) is 11.8 Å². The molecule has 15 unspecified atom stereocenters. The Morgan fingerprint density at radius 1 is 0.295 bits per heavy atom. The van der Waals surface area contributed by atoms with E-state index in [1.165, 1.54) is 7.11 Å². The van der Waals surface area contributed by atoms with Gasteiger partial charge in [-0.15, -0.1) is 0 Å². The Balaban J connectivity index is 0.935. The molecule has 724 valence electrons. The third-order valence-corrected chi connectivity index (χ3v) is 26.4. The molecule has 3 aliphatic heterocycles. The van der Waals surface area contributed by atoms with E-state index in [0.29, 0.717) is 197 Å². The van der Waals surface area contributed by atoms with Crippen LogP contribution in [-0.4, -0.2) is 201 Å². The quantitative estimate of drug-likeness (QED) is 0.0301. The average Bonchev–Trinajstić information content (AvgIpc) is 0.823. The van der Waals surface area contributed by atoms with E-state index in [1.54, 1.807) is 72.8 Å². The van der Waals surface area contributed by atoms with Gasteiger partial charge in [0.15, 0.2) is 18.9 Å².